The number of hydrogen-bond acceptors (Lipinski definition) is 2. The van der Waals surface area contributed by atoms with Gasteiger partial charge in [-0.05, 0) is 23.7 Å². The van der Waals surface area contributed by atoms with Gasteiger partial charge in [0.15, 0.2) is 0 Å². The van der Waals surface area contributed by atoms with Crippen LogP contribution in [0, 0.1) is 0 Å². The maximum atomic E-state index is 5.77. The van der Waals surface area contributed by atoms with Crippen LogP contribution in [0.4, 0.5) is 0 Å². The Bertz CT molecular complexity index is 445. The van der Waals surface area contributed by atoms with Crippen LogP contribution in [-0.2, 0) is 7.05 Å². The van der Waals surface area contributed by atoms with Crippen molar-refractivity contribution in [1.82, 2.24) is 14.5 Å². The van der Waals surface area contributed by atoms with Gasteiger partial charge >= 0.3 is 0 Å². The van der Waals surface area contributed by atoms with Crippen molar-refractivity contribution in [2.24, 2.45) is 7.05 Å². The zero-order chi connectivity index (χ0) is 10.1. The van der Waals surface area contributed by atoms with E-state index in [0.29, 0.717) is 5.15 Å². The average Bonchev–Trinajstić information content (AvgIpc) is 2.49. The average molecular weight is 228 g/mol. The molecule has 2 heterocycles. The van der Waals surface area contributed by atoms with Gasteiger partial charge in [0.05, 0.1) is 11.4 Å². The summed E-state index contributed by atoms with van der Waals surface area (Å²) in [7, 11) is 1.93. The van der Waals surface area contributed by atoms with Crippen molar-refractivity contribution in [3.63, 3.8) is 0 Å². The molecule has 0 spiro atoms. The van der Waals surface area contributed by atoms with E-state index in [2.05, 4.69) is 9.97 Å². The zero-order valence-corrected chi connectivity index (χ0v) is 8.92. The van der Waals surface area contributed by atoms with E-state index in [4.69, 9.17) is 23.2 Å². The quantitative estimate of drug-likeness (QED) is 0.555. The van der Waals surface area contributed by atoms with Crippen LogP contribution in [0.1, 0.15) is 0 Å². The van der Waals surface area contributed by atoms with Crippen molar-refractivity contribution in [2.75, 3.05) is 0 Å². The van der Waals surface area contributed by atoms with Crippen LogP contribution >= 0.6 is 23.2 Å². The van der Waals surface area contributed by atoms with Crippen molar-refractivity contribution in [2.45, 2.75) is 0 Å². The summed E-state index contributed by atoms with van der Waals surface area (Å²) in [5.41, 5.74) is 1.68. The molecule has 0 unspecified atom stereocenters. The Balaban J connectivity index is 2.57. The Morgan fingerprint density at radius 2 is 2.07 bits per heavy atom. The summed E-state index contributed by atoms with van der Waals surface area (Å²) in [5, 5.41) is 0.509. The molecular formula is C9H7Cl2N3. The molecule has 2 aromatic rings. The third-order valence-electron chi connectivity index (χ3n) is 1.87. The summed E-state index contributed by atoms with van der Waals surface area (Å²) in [5.74, 6) is 0. The molecule has 2 rings (SSSR count). The van der Waals surface area contributed by atoms with Gasteiger partial charge in [-0.2, -0.15) is 0 Å². The summed E-state index contributed by atoms with van der Waals surface area (Å²) < 4.78 is 1.94. The second-order valence-corrected chi connectivity index (χ2v) is 3.57. The first-order chi connectivity index (χ1) is 6.66. The van der Waals surface area contributed by atoms with Gasteiger partial charge in [-0.1, -0.05) is 11.6 Å². The SMILES string of the molecule is Cn1cccc1-c1cc(Cl)nc(Cl)n1. The Kier molecular flexibility index (Phi) is 2.44. The van der Waals surface area contributed by atoms with Crippen LogP contribution in [0.25, 0.3) is 11.4 Å². The maximum absolute atomic E-state index is 5.77. The highest BCUT2D eigenvalue weighted by molar-refractivity contribution is 6.32. The third kappa shape index (κ3) is 1.74. The monoisotopic (exact) mass is 227 g/mol. The van der Waals surface area contributed by atoms with Crippen LogP contribution in [0.5, 0.6) is 0 Å². The van der Waals surface area contributed by atoms with Gasteiger partial charge in [-0.15, -0.1) is 0 Å². The van der Waals surface area contributed by atoms with Gasteiger partial charge in [-0.3, -0.25) is 0 Å². The lowest BCUT2D eigenvalue weighted by molar-refractivity contribution is 0.928. The van der Waals surface area contributed by atoms with E-state index in [1.165, 1.54) is 0 Å². The molecule has 0 bridgehead atoms. The first-order valence-corrected chi connectivity index (χ1v) is 4.74. The molecular weight excluding hydrogens is 221 g/mol. The molecule has 0 saturated heterocycles. The van der Waals surface area contributed by atoms with Crippen molar-refractivity contribution >= 4 is 23.2 Å². The summed E-state index contributed by atoms with van der Waals surface area (Å²) in [6, 6.07) is 5.55. The lowest BCUT2D eigenvalue weighted by Crippen LogP contribution is -1.93. The first kappa shape index (κ1) is 9.49. The van der Waals surface area contributed by atoms with Gasteiger partial charge in [0.2, 0.25) is 5.28 Å². The fourth-order valence-electron chi connectivity index (χ4n) is 1.25. The molecule has 0 saturated carbocycles. The minimum absolute atomic E-state index is 0.161. The lowest BCUT2D eigenvalue weighted by atomic mass is 10.3. The molecule has 0 aromatic carbocycles. The highest BCUT2D eigenvalue weighted by Gasteiger charge is 2.06. The highest BCUT2D eigenvalue weighted by Crippen LogP contribution is 2.21. The van der Waals surface area contributed by atoms with Gasteiger partial charge in [0.25, 0.3) is 0 Å². The molecule has 0 radical (unpaired) electrons. The zero-order valence-electron chi connectivity index (χ0n) is 7.41. The summed E-state index contributed by atoms with van der Waals surface area (Å²) in [6.07, 6.45) is 1.93. The fourth-order valence-corrected chi connectivity index (χ4v) is 1.66. The van der Waals surface area contributed by atoms with Gasteiger partial charge < -0.3 is 4.57 Å². The van der Waals surface area contributed by atoms with E-state index in [1.807, 2.05) is 29.9 Å². The highest BCUT2D eigenvalue weighted by atomic mass is 35.5. The Labute approximate surface area is 91.3 Å². The van der Waals surface area contributed by atoms with Crippen LogP contribution in [0.2, 0.25) is 10.4 Å². The summed E-state index contributed by atoms with van der Waals surface area (Å²) in [6.45, 7) is 0. The number of aryl methyl sites for hydroxylation is 1. The number of halogens is 2. The minimum atomic E-state index is 0.161. The number of rotatable bonds is 1. The molecule has 14 heavy (non-hydrogen) atoms. The van der Waals surface area contributed by atoms with Crippen LogP contribution in [-0.4, -0.2) is 14.5 Å². The van der Waals surface area contributed by atoms with Crippen molar-refractivity contribution < 1.29 is 0 Å². The van der Waals surface area contributed by atoms with Crippen LogP contribution in [0.3, 0.4) is 0 Å². The van der Waals surface area contributed by atoms with E-state index in [9.17, 15) is 0 Å². The molecule has 5 heteroatoms. The predicted molar refractivity (Wildman–Crippen MR) is 56.5 cm³/mol. The molecule has 0 atom stereocenters. The van der Waals surface area contributed by atoms with E-state index < -0.39 is 0 Å². The van der Waals surface area contributed by atoms with Crippen LogP contribution in [0.15, 0.2) is 24.4 Å². The summed E-state index contributed by atoms with van der Waals surface area (Å²) >= 11 is 11.5. The molecule has 0 aliphatic carbocycles. The predicted octanol–water partition coefficient (Wildman–Crippen LogP) is 2.79. The number of hydrogen-bond donors (Lipinski definition) is 0. The molecule has 0 amide bonds. The summed E-state index contributed by atoms with van der Waals surface area (Å²) in [4.78, 5) is 7.87. The van der Waals surface area contributed by atoms with E-state index in [0.717, 1.165) is 11.4 Å². The maximum Gasteiger partial charge on any atom is 0.224 e. The van der Waals surface area contributed by atoms with E-state index in [1.54, 1.807) is 6.07 Å². The molecule has 0 aliphatic rings. The Morgan fingerprint density at radius 1 is 1.29 bits per heavy atom. The van der Waals surface area contributed by atoms with Crippen molar-refractivity contribution in [3.8, 4) is 11.4 Å². The molecule has 0 fully saturated rings. The first-order valence-electron chi connectivity index (χ1n) is 3.98. The Morgan fingerprint density at radius 3 is 2.64 bits per heavy atom. The van der Waals surface area contributed by atoms with Crippen molar-refractivity contribution in [1.29, 1.82) is 0 Å². The van der Waals surface area contributed by atoms with Gasteiger partial charge in [-0.25, -0.2) is 9.97 Å². The largest absolute Gasteiger partial charge is 0.349 e. The van der Waals surface area contributed by atoms with Gasteiger partial charge in [0, 0.05) is 19.3 Å². The van der Waals surface area contributed by atoms with Crippen molar-refractivity contribution in [3.05, 3.63) is 34.8 Å². The standard InChI is InChI=1S/C9H7Cl2N3/c1-14-4-2-3-7(14)6-5-8(10)13-9(11)12-6/h2-5H,1H3. The van der Waals surface area contributed by atoms with E-state index >= 15 is 0 Å². The minimum Gasteiger partial charge on any atom is -0.349 e. The number of aromatic nitrogens is 3. The molecule has 0 aliphatic heterocycles. The molecule has 0 N–H and O–H groups in total. The second kappa shape index (κ2) is 3.59. The van der Waals surface area contributed by atoms with Crippen LogP contribution < -0.4 is 0 Å². The lowest BCUT2D eigenvalue weighted by Gasteiger charge is -2.02. The fraction of sp³-hybridized carbons (Fsp3) is 0.111. The topological polar surface area (TPSA) is 30.7 Å². The number of nitrogens with zero attached hydrogens (tertiary/aromatic N) is 3. The smallest absolute Gasteiger partial charge is 0.224 e. The third-order valence-corrected chi connectivity index (χ3v) is 2.24. The second-order valence-electron chi connectivity index (χ2n) is 2.85. The van der Waals surface area contributed by atoms with E-state index in [-0.39, 0.29) is 5.28 Å². The molecule has 72 valence electrons. The Hall–Kier alpha value is -1.06. The molecule has 3 nitrogen and oxygen atoms in total. The normalized spacial score (nSPS) is 10.5. The molecule has 2 aromatic heterocycles. The van der Waals surface area contributed by atoms with Gasteiger partial charge in [0.1, 0.15) is 5.15 Å².